The zero-order valence-corrected chi connectivity index (χ0v) is 13.2. The molecule has 2 N–H and O–H groups in total. The van der Waals surface area contributed by atoms with Crippen LogP contribution >= 0.6 is 24.8 Å². The molecule has 0 bridgehead atoms. The third-order valence-electron chi connectivity index (χ3n) is 3.06. The van der Waals surface area contributed by atoms with Crippen molar-refractivity contribution in [3.8, 4) is 0 Å². The Bertz CT molecular complexity index is 98.4. The summed E-state index contributed by atoms with van der Waals surface area (Å²) in [6.07, 6.45) is 16.9. The molecule has 0 radical (unpaired) electrons. The Labute approximate surface area is 121 Å². The van der Waals surface area contributed by atoms with E-state index in [4.69, 9.17) is 5.73 Å². The van der Waals surface area contributed by atoms with Crippen molar-refractivity contribution in [2.75, 3.05) is 6.54 Å². The van der Waals surface area contributed by atoms with Gasteiger partial charge in [0.1, 0.15) is 0 Å². The van der Waals surface area contributed by atoms with Crippen LogP contribution in [0.25, 0.3) is 0 Å². The van der Waals surface area contributed by atoms with Crippen molar-refractivity contribution in [1.82, 2.24) is 0 Å². The van der Waals surface area contributed by atoms with Crippen molar-refractivity contribution in [3.05, 3.63) is 0 Å². The lowest BCUT2D eigenvalue weighted by Gasteiger charge is -2.01. The van der Waals surface area contributed by atoms with Gasteiger partial charge < -0.3 is 5.73 Å². The van der Waals surface area contributed by atoms with E-state index in [1.165, 1.54) is 77.0 Å². The molecule has 3 heteroatoms. The first-order chi connectivity index (χ1) is 7.41. The van der Waals surface area contributed by atoms with E-state index in [0.717, 1.165) is 6.54 Å². The van der Waals surface area contributed by atoms with Crippen LogP contribution in [0.4, 0.5) is 0 Å². The van der Waals surface area contributed by atoms with Crippen molar-refractivity contribution < 1.29 is 0 Å². The summed E-state index contributed by atoms with van der Waals surface area (Å²) in [6, 6.07) is 0. The second-order valence-electron chi connectivity index (χ2n) is 4.68. The van der Waals surface area contributed by atoms with Gasteiger partial charge in [-0.05, 0) is 13.0 Å². The number of unbranched alkanes of at least 4 members (excludes halogenated alkanes) is 11. The second kappa shape index (κ2) is 21.8. The highest BCUT2D eigenvalue weighted by Gasteiger charge is 1.92. The molecule has 0 spiro atoms. The van der Waals surface area contributed by atoms with Crippen LogP contribution in [-0.4, -0.2) is 6.54 Å². The summed E-state index contributed by atoms with van der Waals surface area (Å²) in [5, 5.41) is 0. The van der Waals surface area contributed by atoms with Gasteiger partial charge in [0.05, 0.1) is 0 Å². The van der Waals surface area contributed by atoms with Gasteiger partial charge in [-0.15, -0.1) is 24.8 Å². The van der Waals surface area contributed by atoms with Gasteiger partial charge in [0.25, 0.3) is 0 Å². The first-order valence-electron chi connectivity index (χ1n) is 7.12. The molecular formula is C14H33Cl2N. The quantitative estimate of drug-likeness (QED) is 0.472. The van der Waals surface area contributed by atoms with Crippen LogP contribution in [0.2, 0.25) is 0 Å². The molecule has 0 aromatic rings. The van der Waals surface area contributed by atoms with Gasteiger partial charge in [-0.3, -0.25) is 0 Å². The normalized spacial score (nSPS) is 9.53. The summed E-state index contributed by atoms with van der Waals surface area (Å²) in [5.41, 5.74) is 5.45. The standard InChI is InChI=1S/C14H31N.2ClH/c1-2-3-4-5-6-7-8-9-10-11-12-13-14-15;;/h2-15H2,1H3;2*1H. The zero-order chi connectivity index (χ0) is 11.2. The highest BCUT2D eigenvalue weighted by Crippen LogP contribution is 2.11. The molecular weight excluding hydrogens is 253 g/mol. The smallest absolute Gasteiger partial charge is 0.00773 e. The fourth-order valence-corrected chi connectivity index (χ4v) is 1.99. The number of rotatable bonds is 12. The van der Waals surface area contributed by atoms with Crippen LogP contribution in [-0.2, 0) is 0 Å². The lowest BCUT2D eigenvalue weighted by molar-refractivity contribution is 0.545. The Morgan fingerprint density at radius 1 is 0.529 bits per heavy atom. The molecule has 0 unspecified atom stereocenters. The van der Waals surface area contributed by atoms with Crippen LogP contribution in [0.5, 0.6) is 0 Å². The predicted molar refractivity (Wildman–Crippen MR) is 84.6 cm³/mol. The molecule has 0 fully saturated rings. The third kappa shape index (κ3) is 22.2. The molecule has 0 aliphatic rings. The molecule has 0 rings (SSSR count). The van der Waals surface area contributed by atoms with Crippen molar-refractivity contribution in [1.29, 1.82) is 0 Å². The monoisotopic (exact) mass is 285 g/mol. The highest BCUT2D eigenvalue weighted by molar-refractivity contribution is 5.85. The molecule has 0 aromatic heterocycles. The maximum atomic E-state index is 5.45. The molecule has 0 amide bonds. The molecule has 0 saturated heterocycles. The van der Waals surface area contributed by atoms with Crippen molar-refractivity contribution in [2.24, 2.45) is 5.73 Å². The van der Waals surface area contributed by atoms with E-state index in [9.17, 15) is 0 Å². The Morgan fingerprint density at radius 2 is 0.824 bits per heavy atom. The third-order valence-corrected chi connectivity index (χ3v) is 3.06. The molecule has 0 saturated carbocycles. The van der Waals surface area contributed by atoms with Crippen LogP contribution in [0.3, 0.4) is 0 Å². The van der Waals surface area contributed by atoms with Gasteiger partial charge in [-0.2, -0.15) is 0 Å². The second-order valence-corrected chi connectivity index (χ2v) is 4.68. The average Bonchev–Trinajstić information content (AvgIpc) is 2.26. The van der Waals surface area contributed by atoms with E-state index in [-0.39, 0.29) is 24.8 Å². The average molecular weight is 286 g/mol. The van der Waals surface area contributed by atoms with E-state index in [2.05, 4.69) is 6.92 Å². The zero-order valence-electron chi connectivity index (χ0n) is 11.6. The number of nitrogens with two attached hydrogens (primary N) is 1. The van der Waals surface area contributed by atoms with E-state index in [1.807, 2.05) is 0 Å². The lowest BCUT2D eigenvalue weighted by atomic mass is 10.1. The summed E-state index contributed by atoms with van der Waals surface area (Å²) in [7, 11) is 0. The van der Waals surface area contributed by atoms with E-state index in [1.54, 1.807) is 0 Å². The van der Waals surface area contributed by atoms with Gasteiger partial charge in [-0.25, -0.2) is 0 Å². The summed E-state index contributed by atoms with van der Waals surface area (Å²) in [6.45, 7) is 3.15. The van der Waals surface area contributed by atoms with Crippen LogP contribution in [0.15, 0.2) is 0 Å². The van der Waals surface area contributed by atoms with Crippen molar-refractivity contribution in [3.63, 3.8) is 0 Å². The number of hydrogen-bond donors (Lipinski definition) is 1. The Kier molecular flexibility index (Phi) is 29.1. The summed E-state index contributed by atoms with van der Waals surface area (Å²) >= 11 is 0. The predicted octanol–water partition coefficient (Wildman–Crippen LogP) is 5.49. The van der Waals surface area contributed by atoms with Crippen LogP contribution in [0.1, 0.15) is 84.0 Å². The fraction of sp³-hybridized carbons (Fsp3) is 1.00. The Hall–Kier alpha value is 0.540. The largest absolute Gasteiger partial charge is 0.330 e. The molecule has 108 valence electrons. The van der Waals surface area contributed by atoms with Gasteiger partial charge in [0.2, 0.25) is 0 Å². The SMILES string of the molecule is CCCCCCCCCCCCCCN.Cl.Cl. The summed E-state index contributed by atoms with van der Waals surface area (Å²) < 4.78 is 0. The Morgan fingerprint density at radius 3 is 1.12 bits per heavy atom. The van der Waals surface area contributed by atoms with Gasteiger partial charge in [0, 0.05) is 0 Å². The minimum atomic E-state index is 0. The van der Waals surface area contributed by atoms with E-state index >= 15 is 0 Å². The van der Waals surface area contributed by atoms with Gasteiger partial charge >= 0.3 is 0 Å². The summed E-state index contributed by atoms with van der Waals surface area (Å²) in [5.74, 6) is 0. The minimum absolute atomic E-state index is 0. The minimum Gasteiger partial charge on any atom is -0.330 e. The van der Waals surface area contributed by atoms with Crippen LogP contribution in [0, 0.1) is 0 Å². The van der Waals surface area contributed by atoms with Gasteiger partial charge in [-0.1, -0.05) is 77.6 Å². The van der Waals surface area contributed by atoms with Crippen molar-refractivity contribution in [2.45, 2.75) is 84.0 Å². The molecule has 1 nitrogen and oxygen atoms in total. The molecule has 0 aliphatic carbocycles. The van der Waals surface area contributed by atoms with Crippen molar-refractivity contribution >= 4 is 24.8 Å². The maximum absolute atomic E-state index is 5.45. The molecule has 0 heterocycles. The van der Waals surface area contributed by atoms with Gasteiger partial charge in [0.15, 0.2) is 0 Å². The molecule has 0 aromatic carbocycles. The molecule has 0 aliphatic heterocycles. The number of hydrogen-bond acceptors (Lipinski definition) is 1. The maximum Gasteiger partial charge on any atom is -0.00773 e. The molecule has 0 atom stereocenters. The fourth-order valence-electron chi connectivity index (χ4n) is 1.99. The van der Waals surface area contributed by atoms with Crippen LogP contribution < -0.4 is 5.73 Å². The first-order valence-corrected chi connectivity index (χ1v) is 7.12. The topological polar surface area (TPSA) is 26.0 Å². The van der Waals surface area contributed by atoms with E-state index in [0.29, 0.717) is 0 Å². The Balaban J connectivity index is -0.000000980. The molecule has 17 heavy (non-hydrogen) atoms. The van der Waals surface area contributed by atoms with E-state index < -0.39 is 0 Å². The highest BCUT2D eigenvalue weighted by atomic mass is 35.5. The first kappa shape index (κ1) is 22.7. The number of halogens is 2. The lowest BCUT2D eigenvalue weighted by Crippen LogP contribution is -1.97. The summed E-state index contributed by atoms with van der Waals surface area (Å²) in [4.78, 5) is 0.